The molecule has 29 heavy (non-hydrogen) atoms. The molecule has 0 atom stereocenters. The number of ketones is 1. The minimum absolute atomic E-state index is 0.183. The third-order valence-corrected chi connectivity index (χ3v) is 3.96. The lowest BCUT2D eigenvalue weighted by atomic mass is 10.2. The van der Waals surface area contributed by atoms with Gasteiger partial charge in [0, 0.05) is 21.0 Å². The smallest absolute Gasteiger partial charge is 0.355 e. The van der Waals surface area contributed by atoms with Crippen molar-refractivity contribution in [1.29, 1.82) is 0 Å². The number of amides is 1. The summed E-state index contributed by atoms with van der Waals surface area (Å²) in [6.07, 6.45) is 1.38. The molecule has 0 bridgehead atoms. The topological polar surface area (TPSA) is 142 Å². The van der Waals surface area contributed by atoms with Crippen molar-refractivity contribution in [2.24, 2.45) is 14.1 Å². The van der Waals surface area contributed by atoms with Crippen molar-refractivity contribution >= 4 is 29.6 Å². The maximum Gasteiger partial charge on any atom is 0.355 e. The minimum Gasteiger partial charge on any atom is -0.453 e. The molecule has 0 saturated carbocycles. The molecule has 1 heterocycles. The van der Waals surface area contributed by atoms with E-state index in [-0.39, 0.29) is 11.5 Å². The van der Waals surface area contributed by atoms with Crippen molar-refractivity contribution in [2.75, 3.05) is 12.3 Å². The molecule has 0 aliphatic heterocycles. The quantitative estimate of drug-likeness (QED) is 0.380. The number of hydrogen-bond donors (Lipinski definition) is 2. The van der Waals surface area contributed by atoms with Gasteiger partial charge in [0.1, 0.15) is 17.1 Å². The maximum atomic E-state index is 12.4. The van der Waals surface area contributed by atoms with Crippen LogP contribution in [0.15, 0.2) is 45.6 Å². The minimum atomic E-state index is -0.974. The predicted molar refractivity (Wildman–Crippen MR) is 105 cm³/mol. The Kier molecular flexibility index (Phi) is 6.50. The molecule has 0 radical (unpaired) electrons. The predicted octanol–water partition coefficient (Wildman–Crippen LogP) is -0.431. The second-order valence-corrected chi connectivity index (χ2v) is 6.12. The Balaban J connectivity index is 2.26. The Morgan fingerprint density at radius 2 is 1.72 bits per heavy atom. The number of benzene rings is 1. The molecule has 1 aromatic heterocycles. The molecule has 0 unspecified atom stereocenters. The van der Waals surface area contributed by atoms with E-state index in [1.165, 1.54) is 27.1 Å². The SMILES string of the molecule is CC(=O)N/C(=C/c1ccccc1)C(=O)OCC(=O)c1c(N)n(C)c(=O)n(C)c1=O. The summed E-state index contributed by atoms with van der Waals surface area (Å²) in [5.41, 5.74) is 4.09. The summed E-state index contributed by atoms with van der Waals surface area (Å²) in [6, 6.07) is 8.67. The van der Waals surface area contributed by atoms with Crippen LogP contribution in [0.1, 0.15) is 22.8 Å². The van der Waals surface area contributed by atoms with E-state index >= 15 is 0 Å². The van der Waals surface area contributed by atoms with E-state index in [4.69, 9.17) is 10.5 Å². The van der Waals surface area contributed by atoms with Crippen LogP contribution in [-0.2, 0) is 28.4 Å². The highest BCUT2D eigenvalue weighted by atomic mass is 16.5. The highest BCUT2D eigenvalue weighted by Crippen LogP contribution is 2.08. The molecule has 1 aromatic carbocycles. The van der Waals surface area contributed by atoms with Crippen LogP contribution >= 0.6 is 0 Å². The van der Waals surface area contributed by atoms with Gasteiger partial charge in [0.2, 0.25) is 11.7 Å². The Bertz CT molecular complexity index is 1110. The summed E-state index contributed by atoms with van der Waals surface area (Å²) in [4.78, 5) is 60.2. The maximum absolute atomic E-state index is 12.4. The number of carbonyl (C=O) groups excluding carboxylic acids is 3. The summed E-state index contributed by atoms with van der Waals surface area (Å²) < 4.78 is 6.62. The van der Waals surface area contributed by atoms with E-state index in [1.54, 1.807) is 30.3 Å². The number of rotatable bonds is 6. The van der Waals surface area contributed by atoms with Crippen LogP contribution in [0.2, 0.25) is 0 Å². The molecule has 0 spiro atoms. The van der Waals surface area contributed by atoms with Gasteiger partial charge in [-0.1, -0.05) is 30.3 Å². The standard InChI is InChI=1S/C19H20N4O6/c1-11(24)21-13(9-12-7-5-4-6-8-12)18(27)29-10-14(25)15-16(20)22(2)19(28)23(3)17(15)26/h4-9H,10,20H2,1-3H3,(H,21,24)/b13-9+. The van der Waals surface area contributed by atoms with Gasteiger partial charge in [0.15, 0.2) is 6.61 Å². The number of Topliss-reactive ketones (excluding diaryl/α,β-unsaturated/α-hetero) is 1. The normalized spacial score (nSPS) is 11.1. The van der Waals surface area contributed by atoms with E-state index < -0.39 is 41.1 Å². The molecular weight excluding hydrogens is 380 g/mol. The summed E-state index contributed by atoms with van der Waals surface area (Å²) in [5.74, 6) is -2.70. The van der Waals surface area contributed by atoms with Crippen LogP contribution in [0.3, 0.4) is 0 Å². The number of nitrogens with zero attached hydrogens (tertiary/aromatic N) is 2. The monoisotopic (exact) mass is 400 g/mol. The van der Waals surface area contributed by atoms with E-state index in [1.807, 2.05) is 0 Å². The molecule has 0 saturated heterocycles. The fourth-order valence-corrected chi connectivity index (χ4v) is 2.45. The van der Waals surface area contributed by atoms with Crippen molar-refractivity contribution in [2.45, 2.75) is 6.92 Å². The van der Waals surface area contributed by atoms with Gasteiger partial charge in [0.25, 0.3) is 5.56 Å². The van der Waals surface area contributed by atoms with Crippen LogP contribution in [0.5, 0.6) is 0 Å². The highest BCUT2D eigenvalue weighted by molar-refractivity contribution is 6.03. The zero-order valence-electron chi connectivity index (χ0n) is 16.1. The first-order valence-electron chi connectivity index (χ1n) is 8.43. The molecule has 2 rings (SSSR count). The van der Waals surface area contributed by atoms with Gasteiger partial charge in [-0.25, -0.2) is 9.59 Å². The van der Waals surface area contributed by atoms with Crippen molar-refractivity contribution in [3.8, 4) is 0 Å². The summed E-state index contributed by atoms with van der Waals surface area (Å²) in [6.45, 7) is 0.411. The number of carbonyl (C=O) groups is 3. The van der Waals surface area contributed by atoms with E-state index in [0.717, 1.165) is 9.13 Å². The zero-order chi connectivity index (χ0) is 21.7. The fraction of sp³-hybridized carbons (Fsp3) is 0.211. The average Bonchev–Trinajstić information content (AvgIpc) is 2.69. The number of hydrogen-bond acceptors (Lipinski definition) is 7. The third-order valence-electron chi connectivity index (χ3n) is 3.96. The number of anilines is 1. The zero-order valence-corrected chi connectivity index (χ0v) is 16.1. The van der Waals surface area contributed by atoms with Crippen LogP contribution in [0.4, 0.5) is 5.82 Å². The van der Waals surface area contributed by atoms with Gasteiger partial charge < -0.3 is 15.8 Å². The van der Waals surface area contributed by atoms with Crippen molar-refractivity contribution < 1.29 is 19.1 Å². The number of aromatic nitrogens is 2. The third kappa shape index (κ3) is 4.86. The Labute approximate surface area is 165 Å². The Morgan fingerprint density at radius 1 is 1.10 bits per heavy atom. The molecule has 2 aromatic rings. The molecule has 0 fully saturated rings. The van der Waals surface area contributed by atoms with Gasteiger partial charge in [-0.2, -0.15) is 0 Å². The van der Waals surface area contributed by atoms with Crippen LogP contribution in [-0.4, -0.2) is 33.4 Å². The molecule has 0 aliphatic carbocycles. The molecule has 10 heteroatoms. The molecule has 1 amide bonds. The number of nitrogens with two attached hydrogens (primary N) is 1. The van der Waals surface area contributed by atoms with Gasteiger partial charge in [-0.15, -0.1) is 0 Å². The lowest BCUT2D eigenvalue weighted by molar-refractivity contribution is -0.139. The highest BCUT2D eigenvalue weighted by Gasteiger charge is 2.22. The first-order chi connectivity index (χ1) is 13.6. The van der Waals surface area contributed by atoms with Crippen LogP contribution < -0.4 is 22.3 Å². The molecular formula is C19H20N4O6. The average molecular weight is 400 g/mol. The number of nitrogens with one attached hydrogen (secondary N) is 1. The van der Waals surface area contributed by atoms with E-state index in [9.17, 15) is 24.0 Å². The number of esters is 1. The summed E-state index contributed by atoms with van der Waals surface area (Å²) >= 11 is 0. The Hall–Kier alpha value is -3.95. The number of ether oxygens (including phenoxy) is 1. The van der Waals surface area contributed by atoms with Crippen LogP contribution in [0.25, 0.3) is 6.08 Å². The second kappa shape index (κ2) is 8.83. The summed E-state index contributed by atoms with van der Waals surface area (Å²) in [5, 5.41) is 2.34. The molecule has 10 nitrogen and oxygen atoms in total. The van der Waals surface area contributed by atoms with Crippen molar-refractivity contribution in [3.63, 3.8) is 0 Å². The van der Waals surface area contributed by atoms with Crippen LogP contribution in [0, 0.1) is 0 Å². The lowest BCUT2D eigenvalue weighted by Gasteiger charge is -2.12. The van der Waals surface area contributed by atoms with E-state index in [2.05, 4.69) is 5.32 Å². The van der Waals surface area contributed by atoms with Gasteiger partial charge in [-0.3, -0.25) is 23.5 Å². The molecule has 152 valence electrons. The van der Waals surface area contributed by atoms with Gasteiger partial charge in [-0.05, 0) is 11.6 Å². The molecule has 0 aliphatic rings. The van der Waals surface area contributed by atoms with Gasteiger partial charge in [0.05, 0.1) is 0 Å². The first kappa shape index (κ1) is 21.4. The number of nitrogen functional groups attached to an aromatic ring is 1. The van der Waals surface area contributed by atoms with E-state index in [0.29, 0.717) is 5.56 Å². The second-order valence-electron chi connectivity index (χ2n) is 6.12. The lowest BCUT2D eigenvalue weighted by Crippen LogP contribution is -2.42. The first-order valence-corrected chi connectivity index (χ1v) is 8.43. The van der Waals surface area contributed by atoms with Crippen molar-refractivity contribution in [1.82, 2.24) is 14.5 Å². The Morgan fingerprint density at radius 3 is 2.31 bits per heavy atom. The van der Waals surface area contributed by atoms with Gasteiger partial charge >= 0.3 is 11.7 Å². The largest absolute Gasteiger partial charge is 0.453 e. The van der Waals surface area contributed by atoms with Crippen molar-refractivity contribution in [3.05, 3.63) is 68.0 Å². The summed E-state index contributed by atoms with van der Waals surface area (Å²) in [7, 11) is 2.50. The fourth-order valence-electron chi connectivity index (χ4n) is 2.45. The molecule has 3 N–H and O–H groups in total.